The monoisotopic (exact) mass is 924 g/mol. The number of benzene rings is 8. The summed E-state index contributed by atoms with van der Waals surface area (Å²) in [6, 6.07) is 48.7. The molecule has 12 heteroatoms. The molecule has 4 amide bonds. The lowest BCUT2D eigenvalue weighted by Crippen LogP contribution is -2.39. The van der Waals surface area contributed by atoms with Crippen LogP contribution >= 0.6 is 0 Å². The number of amides is 4. The van der Waals surface area contributed by atoms with Crippen LogP contribution in [0.4, 0.5) is 19.2 Å². The molecule has 0 spiro atoms. The topological polar surface area (TPSA) is 181 Å². The van der Waals surface area contributed by atoms with Crippen LogP contribution in [0.2, 0.25) is 0 Å². The van der Waals surface area contributed by atoms with Gasteiger partial charge in [-0.2, -0.15) is 0 Å². The van der Waals surface area contributed by atoms with E-state index in [4.69, 9.17) is 30.4 Å². The molecule has 0 radical (unpaired) electrons. The fraction of sp³-hybridized carbons (Fsp3) is 0.228. The molecule has 0 fully saturated rings. The smallest absolute Gasteiger partial charge is 0.415 e. The highest BCUT2D eigenvalue weighted by Gasteiger charge is 2.28. The molecule has 8 aromatic carbocycles. The predicted octanol–water partition coefficient (Wildman–Crippen LogP) is 12.9. The number of rotatable bonds is 15. The molecule has 3 unspecified atom stereocenters. The first-order valence-corrected chi connectivity index (χ1v) is 23.1. The Morgan fingerprint density at radius 2 is 0.855 bits per heavy atom. The summed E-state index contributed by atoms with van der Waals surface area (Å²) >= 11 is 0. The maximum absolute atomic E-state index is 13.3. The van der Waals surface area contributed by atoms with Gasteiger partial charge in [-0.3, -0.25) is 10.6 Å². The van der Waals surface area contributed by atoms with Crippen LogP contribution in [0.15, 0.2) is 146 Å². The number of carbonyl (C=O) groups is 4. The molecule has 3 atom stereocenters. The van der Waals surface area contributed by atoms with Gasteiger partial charge in [0.25, 0.3) is 0 Å². The third-order valence-electron chi connectivity index (χ3n) is 12.4. The molecular formula is C57H56N4O8. The Hall–Kier alpha value is -8.12. The molecule has 0 aromatic heterocycles. The summed E-state index contributed by atoms with van der Waals surface area (Å²) in [5.41, 5.74) is 16.0. The molecule has 0 saturated heterocycles. The van der Waals surface area contributed by atoms with Crippen molar-refractivity contribution >= 4 is 67.5 Å². The SMILES string of the molecule is CC(CCc1ccc2ccccc2c1-c1c(OC(=O)NC(C)OC(N)=O)ccc2ccccc12)CC(C)(C)Cc1ccc2ccccc2c1-c1c(OC(=O)NC(C)OC(N)=O)ccc2ccccc12. The van der Waals surface area contributed by atoms with Crippen LogP contribution in [0.3, 0.4) is 0 Å². The Balaban J connectivity index is 1.11. The van der Waals surface area contributed by atoms with Crippen LogP contribution in [0.5, 0.6) is 11.5 Å². The number of aryl methyl sites for hydroxylation is 1. The molecule has 0 bridgehead atoms. The Bertz CT molecular complexity index is 3240. The fourth-order valence-electron chi connectivity index (χ4n) is 9.80. The van der Waals surface area contributed by atoms with Crippen LogP contribution in [0.25, 0.3) is 65.3 Å². The van der Waals surface area contributed by atoms with Crippen molar-refractivity contribution in [3.63, 3.8) is 0 Å². The van der Waals surface area contributed by atoms with Crippen molar-refractivity contribution < 1.29 is 38.1 Å². The van der Waals surface area contributed by atoms with Gasteiger partial charge in [-0.1, -0.05) is 154 Å². The van der Waals surface area contributed by atoms with Crippen LogP contribution < -0.4 is 31.6 Å². The van der Waals surface area contributed by atoms with Crippen molar-refractivity contribution in [2.24, 2.45) is 22.8 Å². The van der Waals surface area contributed by atoms with Gasteiger partial charge in [0.1, 0.15) is 11.5 Å². The van der Waals surface area contributed by atoms with Crippen LogP contribution in [-0.4, -0.2) is 36.8 Å². The van der Waals surface area contributed by atoms with E-state index in [0.29, 0.717) is 11.5 Å². The quantitative estimate of drug-likeness (QED) is 0.0733. The van der Waals surface area contributed by atoms with Crippen LogP contribution in [0, 0.1) is 11.3 Å². The zero-order valence-corrected chi connectivity index (χ0v) is 39.3. The van der Waals surface area contributed by atoms with Crippen molar-refractivity contribution in [3.05, 3.63) is 157 Å². The summed E-state index contributed by atoms with van der Waals surface area (Å²) in [4.78, 5) is 49.4. The summed E-state index contributed by atoms with van der Waals surface area (Å²) in [6.07, 6.45) is -2.38. The first kappa shape index (κ1) is 47.4. The lowest BCUT2D eigenvalue weighted by atomic mass is 9.75. The van der Waals surface area contributed by atoms with E-state index < -0.39 is 36.8 Å². The molecule has 6 N–H and O–H groups in total. The molecule has 8 aromatic rings. The summed E-state index contributed by atoms with van der Waals surface area (Å²) < 4.78 is 21.9. The fourth-order valence-corrected chi connectivity index (χ4v) is 9.80. The molecule has 0 aliphatic rings. The van der Waals surface area contributed by atoms with Crippen molar-refractivity contribution in [1.29, 1.82) is 0 Å². The molecule has 8 rings (SSSR count). The predicted molar refractivity (Wildman–Crippen MR) is 272 cm³/mol. The molecule has 69 heavy (non-hydrogen) atoms. The Kier molecular flexibility index (Phi) is 14.0. The van der Waals surface area contributed by atoms with E-state index in [1.165, 1.54) is 13.8 Å². The number of hydrogen-bond acceptors (Lipinski definition) is 8. The Labute approximate surface area is 400 Å². The molecule has 0 aliphatic heterocycles. The molecular weight excluding hydrogens is 869 g/mol. The minimum atomic E-state index is -1.01. The third kappa shape index (κ3) is 11.0. The van der Waals surface area contributed by atoms with Crippen molar-refractivity contribution in [3.8, 4) is 33.8 Å². The summed E-state index contributed by atoms with van der Waals surface area (Å²) in [7, 11) is 0. The highest BCUT2D eigenvalue weighted by molar-refractivity contribution is 6.10. The number of nitrogens with two attached hydrogens (primary N) is 2. The molecule has 0 saturated carbocycles. The van der Waals surface area contributed by atoms with Gasteiger partial charge in [-0.05, 0) is 128 Å². The van der Waals surface area contributed by atoms with E-state index in [-0.39, 0.29) is 11.3 Å². The van der Waals surface area contributed by atoms with E-state index in [1.54, 1.807) is 12.1 Å². The number of ether oxygens (including phenoxy) is 4. The second kappa shape index (κ2) is 20.4. The zero-order valence-electron chi connectivity index (χ0n) is 39.3. The average molecular weight is 925 g/mol. The second-order valence-corrected chi connectivity index (χ2v) is 18.4. The van der Waals surface area contributed by atoms with Gasteiger partial charge in [-0.25, -0.2) is 19.2 Å². The van der Waals surface area contributed by atoms with Crippen LogP contribution in [-0.2, 0) is 22.3 Å². The maximum Gasteiger partial charge on any atom is 0.415 e. The lowest BCUT2D eigenvalue weighted by molar-refractivity contribution is 0.0933. The zero-order chi connectivity index (χ0) is 48.8. The van der Waals surface area contributed by atoms with E-state index >= 15 is 0 Å². The number of carbonyl (C=O) groups excluding carboxylic acids is 4. The van der Waals surface area contributed by atoms with Gasteiger partial charge in [0.15, 0.2) is 12.5 Å². The number of fused-ring (bicyclic) bond motifs is 4. The minimum absolute atomic E-state index is 0.188. The molecule has 0 heterocycles. The highest BCUT2D eigenvalue weighted by Crippen LogP contribution is 2.46. The third-order valence-corrected chi connectivity index (χ3v) is 12.4. The van der Waals surface area contributed by atoms with Crippen LogP contribution in [0.1, 0.15) is 58.6 Å². The molecule has 352 valence electrons. The van der Waals surface area contributed by atoms with E-state index in [9.17, 15) is 19.2 Å². The lowest BCUT2D eigenvalue weighted by Gasteiger charge is -2.30. The maximum atomic E-state index is 13.3. The van der Waals surface area contributed by atoms with Gasteiger partial charge in [0, 0.05) is 11.1 Å². The first-order valence-electron chi connectivity index (χ1n) is 23.1. The normalized spacial score (nSPS) is 12.8. The van der Waals surface area contributed by atoms with Crippen molar-refractivity contribution in [2.45, 2.75) is 72.8 Å². The van der Waals surface area contributed by atoms with Crippen molar-refractivity contribution in [2.75, 3.05) is 0 Å². The largest absolute Gasteiger partial charge is 0.426 e. The van der Waals surface area contributed by atoms with Gasteiger partial charge < -0.3 is 30.4 Å². The summed E-state index contributed by atoms with van der Waals surface area (Å²) in [5.74, 6) is 1.01. The summed E-state index contributed by atoms with van der Waals surface area (Å²) in [6.45, 7) is 9.89. The first-order chi connectivity index (χ1) is 33.1. The highest BCUT2D eigenvalue weighted by atomic mass is 16.6. The van der Waals surface area contributed by atoms with E-state index in [1.807, 2.05) is 84.9 Å². The van der Waals surface area contributed by atoms with E-state index in [0.717, 1.165) is 102 Å². The summed E-state index contributed by atoms with van der Waals surface area (Å²) in [5, 5.41) is 13.1. The Morgan fingerprint density at radius 1 is 0.493 bits per heavy atom. The second-order valence-electron chi connectivity index (χ2n) is 18.4. The minimum Gasteiger partial charge on any atom is -0.426 e. The average Bonchev–Trinajstić information content (AvgIpc) is 3.30. The molecule has 12 nitrogen and oxygen atoms in total. The van der Waals surface area contributed by atoms with Gasteiger partial charge in [0.2, 0.25) is 0 Å². The number of nitrogens with one attached hydrogen (secondary N) is 2. The number of hydrogen-bond donors (Lipinski definition) is 4. The van der Waals surface area contributed by atoms with Gasteiger partial charge >= 0.3 is 24.4 Å². The standard InChI is InChI=1S/C57H56N4O8/c1-34(22-23-41-26-24-37-14-6-10-18-43(37)49(41)51-45-20-12-8-16-39(45)28-30-47(51)68-55(64)60-35(2)66-53(58)62)32-57(4,5)33-42-27-25-38-15-7-11-19-44(38)50(42)52-46-21-13-9-17-40(46)29-31-48(52)69-56(65)61-36(3)67-54(59)63/h6-21,24-31,34-36H,22-23,32-33H2,1-5H3,(H2,58,62)(H2,59,63)(H,60,64)(H,61,65). The number of primary amides is 2. The van der Waals surface area contributed by atoms with E-state index in [2.05, 4.69) is 79.9 Å². The van der Waals surface area contributed by atoms with Gasteiger partial charge in [0.05, 0.1) is 0 Å². The van der Waals surface area contributed by atoms with Gasteiger partial charge in [-0.15, -0.1) is 0 Å². The van der Waals surface area contributed by atoms with Crippen molar-refractivity contribution in [1.82, 2.24) is 10.6 Å². The molecule has 0 aliphatic carbocycles. The Morgan fingerprint density at radius 3 is 1.28 bits per heavy atom.